The summed E-state index contributed by atoms with van der Waals surface area (Å²) in [5, 5.41) is 3.71. The Bertz CT molecular complexity index is 786. The zero-order valence-electron chi connectivity index (χ0n) is 15.1. The van der Waals surface area contributed by atoms with E-state index in [0.717, 1.165) is 5.69 Å². The number of rotatable bonds is 6. The summed E-state index contributed by atoms with van der Waals surface area (Å²) in [5.41, 5.74) is 0.836. The highest BCUT2D eigenvalue weighted by molar-refractivity contribution is 6.32. The van der Waals surface area contributed by atoms with Crippen molar-refractivity contribution in [1.29, 1.82) is 0 Å². The lowest BCUT2D eigenvalue weighted by atomic mass is 10.2. The molecule has 0 atom stereocenters. The van der Waals surface area contributed by atoms with Gasteiger partial charge in [0.15, 0.2) is 5.76 Å². The van der Waals surface area contributed by atoms with Gasteiger partial charge in [0.1, 0.15) is 5.75 Å². The summed E-state index contributed by atoms with van der Waals surface area (Å²) in [6.45, 7) is 2.58. The predicted molar refractivity (Wildman–Crippen MR) is 102 cm³/mol. The van der Waals surface area contributed by atoms with Crippen LogP contribution in [0.25, 0.3) is 0 Å². The van der Waals surface area contributed by atoms with Crippen LogP contribution in [-0.2, 0) is 4.79 Å². The number of carbonyl (C=O) groups is 2. The molecule has 3 rings (SSSR count). The number of ether oxygens (including phenoxy) is 1. The first-order chi connectivity index (χ1) is 13.1. The number of anilines is 1. The van der Waals surface area contributed by atoms with Gasteiger partial charge >= 0.3 is 0 Å². The summed E-state index contributed by atoms with van der Waals surface area (Å²) < 4.78 is 10.3. The first kappa shape index (κ1) is 19.1. The Morgan fingerprint density at radius 3 is 2.56 bits per heavy atom. The molecule has 7 nitrogen and oxygen atoms in total. The van der Waals surface area contributed by atoms with Crippen LogP contribution >= 0.6 is 11.6 Å². The fraction of sp³-hybridized carbons (Fsp3) is 0.368. The average Bonchev–Trinajstić information content (AvgIpc) is 3.22. The molecule has 1 aliphatic heterocycles. The standard InChI is InChI=1S/C19H22ClN3O4/c1-26-16-5-4-14(13-15(16)20)21-7-6-18(24)22-8-10-23(11-9-22)19(25)17-3-2-12-27-17/h2-5,12-13,21H,6-11H2,1H3. The average molecular weight is 392 g/mol. The molecule has 0 saturated carbocycles. The molecule has 0 radical (unpaired) electrons. The lowest BCUT2D eigenvalue weighted by molar-refractivity contribution is -0.132. The van der Waals surface area contributed by atoms with Crippen LogP contribution in [0.2, 0.25) is 5.02 Å². The van der Waals surface area contributed by atoms with Gasteiger partial charge < -0.3 is 24.3 Å². The molecule has 1 N–H and O–H groups in total. The van der Waals surface area contributed by atoms with Crippen LogP contribution in [0.1, 0.15) is 17.0 Å². The maximum absolute atomic E-state index is 12.4. The summed E-state index contributed by atoms with van der Waals surface area (Å²) in [7, 11) is 1.56. The Hall–Kier alpha value is -2.67. The van der Waals surface area contributed by atoms with Gasteiger partial charge in [-0.2, -0.15) is 0 Å². The van der Waals surface area contributed by atoms with E-state index in [1.807, 2.05) is 6.07 Å². The molecule has 27 heavy (non-hydrogen) atoms. The molecule has 1 aromatic heterocycles. The predicted octanol–water partition coefficient (Wildman–Crippen LogP) is 2.73. The summed E-state index contributed by atoms with van der Waals surface area (Å²) in [5.74, 6) is 0.870. The van der Waals surface area contributed by atoms with Crippen molar-refractivity contribution < 1.29 is 18.7 Å². The molecule has 0 spiro atoms. The highest BCUT2D eigenvalue weighted by atomic mass is 35.5. The van der Waals surface area contributed by atoms with Crippen molar-refractivity contribution in [3.8, 4) is 5.75 Å². The Morgan fingerprint density at radius 1 is 1.19 bits per heavy atom. The van der Waals surface area contributed by atoms with Crippen LogP contribution in [0.3, 0.4) is 0 Å². The maximum atomic E-state index is 12.4. The number of benzene rings is 1. The largest absolute Gasteiger partial charge is 0.495 e. The topological polar surface area (TPSA) is 75.0 Å². The van der Waals surface area contributed by atoms with E-state index in [4.69, 9.17) is 20.8 Å². The third-order valence-electron chi connectivity index (χ3n) is 4.47. The van der Waals surface area contributed by atoms with Crippen molar-refractivity contribution in [1.82, 2.24) is 9.80 Å². The quantitative estimate of drug-likeness (QED) is 0.819. The van der Waals surface area contributed by atoms with E-state index < -0.39 is 0 Å². The van der Waals surface area contributed by atoms with Crippen LogP contribution in [0.15, 0.2) is 41.0 Å². The summed E-state index contributed by atoms with van der Waals surface area (Å²) >= 11 is 6.09. The van der Waals surface area contributed by atoms with E-state index in [2.05, 4.69) is 5.32 Å². The summed E-state index contributed by atoms with van der Waals surface area (Å²) in [6, 6.07) is 8.74. The number of piperazine rings is 1. The van der Waals surface area contributed by atoms with Crippen LogP contribution in [0.4, 0.5) is 5.69 Å². The zero-order chi connectivity index (χ0) is 19.2. The Balaban J connectivity index is 1.42. The lowest BCUT2D eigenvalue weighted by Crippen LogP contribution is -2.50. The molecule has 1 aliphatic rings. The molecule has 8 heteroatoms. The number of halogens is 1. The van der Waals surface area contributed by atoms with Gasteiger partial charge in [-0.25, -0.2) is 0 Å². The van der Waals surface area contributed by atoms with E-state index in [9.17, 15) is 9.59 Å². The van der Waals surface area contributed by atoms with Crippen molar-refractivity contribution in [3.05, 3.63) is 47.4 Å². The first-order valence-electron chi connectivity index (χ1n) is 8.76. The third-order valence-corrected chi connectivity index (χ3v) is 4.77. The molecule has 2 aromatic rings. The van der Waals surface area contributed by atoms with E-state index in [-0.39, 0.29) is 11.8 Å². The molecule has 0 unspecified atom stereocenters. The van der Waals surface area contributed by atoms with Crippen LogP contribution in [-0.4, -0.2) is 61.4 Å². The number of carbonyl (C=O) groups excluding carboxylic acids is 2. The molecular weight excluding hydrogens is 370 g/mol. The van der Waals surface area contributed by atoms with E-state index >= 15 is 0 Å². The van der Waals surface area contributed by atoms with Gasteiger partial charge in [-0.05, 0) is 30.3 Å². The Morgan fingerprint density at radius 2 is 1.93 bits per heavy atom. The molecule has 1 saturated heterocycles. The minimum absolute atomic E-state index is 0.0622. The smallest absolute Gasteiger partial charge is 0.289 e. The molecule has 1 fully saturated rings. The van der Waals surface area contributed by atoms with Gasteiger partial charge in [-0.15, -0.1) is 0 Å². The van der Waals surface area contributed by atoms with Crippen LogP contribution < -0.4 is 10.1 Å². The number of furan rings is 1. The molecule has 0 bridgehead atoms. The number of methoxy groups -OCH3 is 1. The minimum Gasteiger partial charge on any atom is -0.495 e. The summed E-state index contributed by atoms with van der Waals surface area (Å²) in [6.07, 6.45) is 1.85. The van der Waals surface area contributed by atoms with Gasteiger partial charge in [-0.1, -0.05) is 11.6 Å². The molecule has 2 heterocycles. The molecule has 2 amide bonds. The monoisotopic (exact) mass is 391 g/mol. The van der Waals surface area contributed by atoms with E-state index in [1.165, 1.54) is 6.26 Å². The number of amides is 2. The second-order valence-electron chi connectivity index (χ2n) is 6.18. The van der Waals surface area contributed by atoms with Crippen molar-refractivity contribution in [2.75, 3.05) is 45.2 Å². The van der Waals surface area contributed by atoms with Crippen molar-refractivity contribution in [2.24, 2.45) is 0 Å². The van der Waals surface area contributed by atoms with Gasteiger partial charge in [-0.3, -0.25) is 9.59 Å². The fourth-order valence-corrected chi connectivity index (χ4v) is 3.22. The molecule has 1 aromatic carbocycles. The Labute approximate surface area is 162 Å². The normalized spacial score (nSPS) is 14.1. The van der Waals surface area contributed by atoms with E-state index in [0.29, 0.717) is 55.7 Å². The number of hydrogen-bond donors (Lipinski definition) is 1. The van der Waals surface area contributed by atoms with E-state index in [1.54, 1.807) is 41.2 Å². The van der Waals surface area contributed by atoms with Gasteiger partial charge in [0.05, 0.1) is 18.4 Å². The number of hydrogen-bond acceptors (Lipinski definition) is 5. The lowest BCUT2D eigenvalue weighted by Gasteiger charge is -2.34. The highest BCUT2D eigenvalue weighted by Crippen LogP contribution is 2.27. The first-order valence-corrected chi connectivity index (χ1v) is 9.14. The highest BCUT2D eigenvalue weighted by Gasteiger charge is 2.25. The van der Waals surface area contributed by atoms with Crippen molar-refractivity contribution in [3.63, 3.8) is 0 Å². The molecular formula is C19H22ClN3O4. The second-order valence-corrected chi connectivity index (χ2v) is 6.58. The maximum Gasteiger partial charge on any atom is 0.289 e. The molecule has 144 valence electrons. The zero-order valence-corrected chi connectivity index (χ0v) is 15.9. The number of nitrogens with one attached hydrogen (secondary N) is 1. The van der Waals surface area contributed by atoms with Gasteiger partial charge in [0.25, 0.3) is 5.91 Å². The molecule has 0 aliphatic carbocycles. The Kier molecular flexibility index (Phi) is 6.24. The van der Waals surface area contributed by atoms with Crippen molar-refractivity contribution >= 4 is 29.1 Å². The van der Waals surface area contributed by atoms with Crippen LogP contribution in [0.5, 0.6) is 5.75 Å². The second kappa shape index (κ2) is 8.81. The minimum atomic E-state index is -0.134. The van der Waals surface area contributed by atoms with Crippen LogP contribution in [0, 0.1) is 0 Å². The SMILES string of the molecule is COc1ccc(NCCC(=O)N2CCN(C(=O)c3ccco3)CC2)cc1Cl. The summed E-state index contributed by atoms with van der Waals surface area (Å²) in [4.78, 5) is 28.1. The van der Waals surface area contributed by atoms with Crippen molar-refractivity contribution in [2.45, 2.75) is 6.42 Å². The fourth-order valence-electron chi connectivity index (χ4n) is 2.96. The third kappa shape index (κ3) is 4.74. The van der Waals surface area contributed by atoms with Gasteiger partial charge in [0.2, 0.25) is 5.91 Å². The number of nitrogens with zero attached hydrogens (tertiary/aromatic N) is 2. The van der Waals surface area contributed by atoms with Gasteiger partial charge in [0, 0.05) is 44.8 Å².